The third-order valence-corrected chi connectivity index (χ3v) is 2.60. The summed E-state index contributed by atoms with van der Waals surface area (Å²) in [5, 5.41) is 0. The third kappa shape index (κ3) is 3.74. The van der Waals surface area contributed by atoms with Crippen LogP contribution < -0.4 is 5.73 Å². The fraction of sp³-hybridized carbons (Fsp3) is 0.462. The molecule has 0 bridgehead atoms. The molecule has 0 saturated carbocycles. The summed E-state index contributed by atoms with van der Waals surface area (Å²) in [6.45, 7) is 2.35. The maximum absolute atomic E-state index is 13.2. The van der Waals surface area contributed by atoms with Gasteiger partial charge in [-0.25, -0.2) is 4.39 Å². The highest BCUT2D eigenvalue weighted by Gasteiger charge is 2.07. The van der Waals surface area contributed by atoms with E-state index in [9.17, 15) is 9.18 Å². The van der Waals surface area contributed by atoms with Crippen molar-refractivity contribution in [3.8, 4) is 0 Å². The van der Waals surface area contributed by atoms with Crippen molar-refractivity contribution in [3.63, 3.8) is 0 Å². The molecule has 0 fully saturated rings. The zero-order chi connectivity index (χ0) is 12.0. The molecule has 0 unspecified atom stereocenters. The lowest BCUT2D eigenvalue weighted by Gasteiger charge is -2.02. The normalized spacial score (nSPS) is 10.4. The SMILES string of the molecule is Cc1ccc(C(=O)CCCCCN)cc1F. The van der Waals surface area contributed by atoms with Crippen molar-refractivity contribution in [2.24, 2.45) is 5.73 Å². The van der Waals surface area contributed by atoms with E-state index in [2.05, 4.69) is 0 Å². The number of aryl methyl sites for hydroxylation is 1. The van der Waals surface area contributed by atoms with Crippen LogP contribution in [0.15, 0.2) is 18.2 Å². The van der Waals surface area contributed by atoms with Gasteiger partial charge in [-0.1, -0.05) is 18.6 Å². The molecule has 0 aliphatic heterocycles. The summed E-state index contributed by atoms with van der Waals surface area (Å²) in [5.74, 6) is -0.302. The van der Waals surface area contributed by atoms with E-state index in [1.165, 1.54) is 6.07 Å². The maximum Gasteiger partial charge on any atom is 0.162 e. The monoisotopic (exact) mass is 223 g/mol. The molecular weight excluding hydrogens is 205 g/mol. The first-order chi connectivity index (χ1) is 7.65. The summed E-state index contributed by atoms with van der Waals surface area (Å²) >= 11 is 0. The molecule has 0 aliphatic carbocycles. The molecule has 2 N–H and O–H groups in total. The lowest BCUT2D eigenvalue weighted by molar-refractivity contribution is 0.0979. The second-order valence-electron chi connectivity index (χ2n) is 3.99. The van der Waals surface area contributed by atoms with Gasteiger partial charge in [0.25, 0.3) is 0 Å². The number of rotatable bonds is 6. The van der Waals surface area contributed by atoms with E-state index >= 15 is 0 Å². The molecule has 0 heterocycles. The number of carbonyl (C=O) groups is 1. The number of hydrogen-bond donors (Lipinski definition) is 1. The Morgan fingerprint density at radius 1 is 1.31 bits per heavy atom. The van der Waals surface area contributed by atoms with Crippen LogP contribution in [0.5, 0.6) is 0 Å². The average Bonchev–Trinajstić information content (AvgIpc) is 2.28. The molecule has 0 amide bonds. The highest BCUT2D eigenvalue weighted by molar-refractivity contribution is 5.96. The fourth-order valence-corrected chi connectivity index (χ4v) is 1.52. The quantitative estimate of drug-likeness (QED) is 0.595. The van der Waals surface area contributed by atoms with Crippen LogP contribution in [0.4, 0.5) is 4.39 Å². The minimum absolute atomic E-state index is 0.0101. The predicted molar refractivity (Wildman–Crippen MR) is 63.0 cm³/mol. The highest BCUT2D eigenvalue weighted by Crippen LogP contribution is 2.12. The van der Waals surface area contributed by atoms with Gasteiger partial charge >= 0.3 is 0 Å². The fourth-order valence-electron chi connectivity index (χ4n) is 1.52. The number of hydrogen-bond acceptors (Lipinski definition) is 2. The molecule has 0 aromatic heterocycles. The largest absolute Gasteiger partial charge is 0.330 e. The van der Waals surface area contributed by atoms with Crippen LogP contribution >= 0.6 is 0 Å². The van der Waals surface area contributed by atoms with Crippen LogP contribution in [-0.4, -0.2) is 12.3 Å². The Labute approximate surface area is 95.7 Å². The van der Waals surface area contributed by atoms with Crippen molar-refractivity contribution in [2.45, 2.75) is 32.6 Å². The number of carbonyl (C=O) groups excluding carboxylic acids is 1. The van der Waals surface area contributed by atoms with Crippen LogP contribution in [0.2, 0.25) is 0 Å². The summed E-state index contributed by atoms with van der Waals surface area (Å²) in [5.41, 5.74) is 6.40. The van der Waals surface area contributed by atoms with E-state index in [0.717, 1.165) is 19.3 Å². The first-order valence-electron chi connectivity index (χ1n) is 5.64. The molecule has 0 atom stereocenters. The molecule has 2 nitrogen and oxygen atoms in total. The van der Waals surface area contributed by atoms with Gasteiger partial charge in [0.1, 0.15) is 5.82 Å². The second kappa shape index (κ2) is 6.38. The molecular formula is C13H18FNO. The number of ketones is 1. The molecule has 0 aliphatic rings. The third-order valence-electron chi connectivity index (χ3n) is 2.60. The highest BCUT2D eigenvalue weighted by atomic mass is 19.1. The predicted octanol–water partition coefficient (Wildman–Crippen LogP) is 2.84. The van der Waals surface area contributed by atoms with Crippen molar-refractivity contribution in [2.75, 3.05) is 6.54 Å². The summed E-state index contributed by atoms with van der Waals surface area (Å²) in [6, 6.07) is 4.65. The van der Waals surface area contributed by atoms with Crippen LogP contribution in [-0.2, 0) is 0 Å². The summed E-state index contributed by atoms with van der Waals surface area (Å²) in [7, 11) is 0. The van der Waals surface area contributed by atoms with E-state index in [1.54, 1.807) is 19.1 Å². The lowest BCUT2D eigenvalue weighted by atomic mass is 10.0. The minimum Gasteiger partial charge on any atom is -0.330 e. The van der Waals surface area contributed by atoms with E-state index in [-0.39, 0.29) is 11.6 Å². The van der Waals surface area contributed by atoms with Crippen LogP contribution in [0.25, 0.3) is 0 Å². The zero-order valence-corrected chi connectivity index (χ0v) is 9.63. The molecule has 0 radical (unpaired) electrons. The Kier molecular flexibility index (Phi) is 5.12. The van der Waals surface area contributed by atoms with Gasteiger partial charge in [0, 0.05) is 12.0 Å². The molecule has 0 spiro atoms. The van der Waals surface area contributed by atoms with Gasteiger partial charge < -0.3 is 5.73 Å². The number of benzene rings is 1. The van der Waals surface area contributed by atoms with E-state index in [4.69, 9.17) is 5.73 Å². The smallest absolute Gasteiger partial charge is 0.162 e. The number of nitrogens with two attached hydrogens (primary N) is 1. The zero-order valence-electron chi connectivity index (χ0n) is 9.63. The van der Waals surface area contributed by atoms with Crippen molar-refractivity contribution in [1.29, 1.82) is 0 Å². The first kappa shape index (κ1) is 12.8. The Bertz CT molecular complexity index is 363. The first-order valence-corrected chi connectivity index (χ1v) is 5.64. The molecule has 1 aromatic rings. The van der Waals surface area contributed by atoms with Gasteiger partial charge in [0.05, 0.1) is 0 Å². The van der Waals surface area contributed by atoms with Crippen molar-refractivity contribution < 1.29 is 9.18 Å². The number of Topliss-reactive ketones (excluding diaryl/α,β-unsaturated/α-hetero) is 1. The number of unbranched alkanes of at least 4 members (excludes halogenated alkanes) is 2. The molecule has 16 heavy (non-hydrogen) atoms. The topological polar surface area (TPSA) is 43.1 Å². The van der Waals surface area contributed by atoms with Crippen molar-refractivity contribution >= 4 is 5.78 Å². The van der Waals surface area contributed by atoms with Gasteiger partial charge in [-0.05, 0) is 37.9 Å². The lowest BCUT2D eigenvalue weighted by Crippen LogP contribution is -2.02. The Balaban J connectivity index is 2.50. The van der Waals surface area contributed by atoms with Crippen LogP contribution in [0.3, 0.4) is 0 Å². The summed E-state index contributed by atoms with van der Waals surface area (Å²) < 4.78 is 13.2. The second-order valence-corrected chi connectivity index (χ2v) is 3.99. The van der Waals surface area contributed by atoms with Crippen LogP contribution in [0, 0.1) is 12.7 Å². The molecule has 88 valence electrons. The molecule has 1 rings (SSSR count). The molecule has 0 saturated heterocycles. The Morgan fingerprint density at radius 3 is 2.69 bits per heavy atom. The van der Waals surface area contributed by atoms with Crippen molar-refractivity contribution in [1.82, 2.24) is 0 Å². The van der Waals surface area contributed by atoms with Gasteiger partial charge in [0.15, 0.2) is 5.78 Å². The summed E-state index contributed by atoms with van der Waals surface area (Å²) in [6.07, 6.45) is 3.19. The standard InChI is InChI=1S/C13H18FNO/c1-10-6-7-11(9-12(10)14)13(16)5-3-2-4-8-15/h6-7,9H,2-5,8,15H2,1H3. The van der Waals surface area contributed by atoms with E-state index < -0.39 is 0 Å². The summed E-state index contributed by atoms with van der Waals surface area (Å²) in [4.78, 5) is 11.7. The maximum atomic E-state index is 13.2. The Hall–Kier alpha value is -1.22. The molecule has 1 aromatic carbocycles. The van der Waals surface area contributed by atoms with Crippen molar-refractivity contribution in [3.05, 3.63) is 35.1 Å². The Morgan fingerprint density at radius 2 is 2.06 bits per heavy atom. The van der Waals surface area contributed by atoms with Gasteiger partial charge in [-0.3, -0.25) is 4.79 Å². The molecule has 3 heteroatoms. The van der Waals surface area contributed by atoms with E-state index in [1.807, 2.05) is 0 Å². The van der Waals surface area contributed by atoms with Gasteiger partial charge in [0.2, 0.25) is 0 Å². The van der Waals surface area contributed by atoms with E-state index in [0.29, 0.717) is 24.1 Å². The van der Waals surface area contributed by atoms with Gasteiger partial charge in [-0.2, -0.15) is 0 Å². The number of halogens is 1. The minimum atomic E-state index is -0.312. The van der Waals surface area contributed by atoms with Crippen LogP contribution in [0.1, 0.15) is 41.6 Å². The van der Waals surface area contributed by atoms with Gasteiger partial charge in [-0.15, -0.1) is 0 Å². The average molecular weight is 223 g/mol.